The van der Waals surface area contributed by atoms with Crippen LogP contribution in [0.1, 0.15) is 27.1 Å². The van der Waals surface area contributed by atoms with Crippen molar-refractivity contribution in [2.75, 3.05) is 20.2 Å². The van der Waals surface area contributed by atoms with E-state index in [1.807, 2.05) is 36.4 Å². The van der Waals surface area contributed by atoms with Crippen molar-refractivity contribution in [3.05, 3.63) is 59.7 Å². The molecule has 2 aromatic carbocycles. The Balaban J connectivity index is 1.74. The van der Waals surface area contributed by atoms with Crippen molar-refractivity contribution in [1.82, 2.24) is 4.90 Å². The molecule has 1 atom stereocenters. The van der Waals surface area contributed by atoms with Crippen molar-refractivity contribution in [2.45, 2.75) is 12.5 Å². The molecule has 1 saturated heterocycles. The molecule has 1 aliphatic rings. The molecule has 0 radical (unpaired) electrons. The zero-order chi connectivity index (χ0) is 17.1. The van der Waals surface area contributed by atoms with Crippen molar-refractivity contribution in [2.24, 2.45) is 5.73 Å². The van der Waals surface area contributed by atoms with E-state index >= 15 is 0 Å². The molecule has 1 heterocycles. The number of nitrogens with two attached hydrogens (primary N) is 1. The highest BCUT2D eigenvalue weighted by molar-refractivity contribution is 5.95. The van der Waals surface area contributed by atoms with Gasteiger partial charge in [-0.1, -0.05) is 24.3 Å². The van der Waals surface area contributed by atoms with Crippen LogP contribution < -0.4 is 5.73 Å². The van der Waals surface area contributed by atoms with Crippen LogP contribution >= 0.6 is 0 Å². The fourth-order valence-corrected chi connectivity index (χ4v) is 2.88. The van der Waals surface area contributed by atoms with Crippen molar-refractivity contribution in [1.29, 1.82) is 0 Å². The molecule has 24 heavy (non-hydrogen) atoms. The van der Waals surface area contributed by atoms with E-state index in [1.54, 1.807) is 17.0 Å². The third kappa shape index (κ3) is 3.31. The van der Waals surface area contributed by atoms with Gasteiger partial charge in [0.1, 0.15) is 0 Å². The van der Waals surface area contributed by atoms with Gasteiger partial charge in [0.2, 0.25) is 0 Å². The normalized spacial score (nSPS) is 16.9. The van der Waals surface area contributed by atoms with E-state index in [4.69, 9.17) is 10.5 Å². The van der Waals surface area contributed by atoms with Crippen LogP contribution in [0.25, 0.3) is 11.1 Å². The fourth-order valence-electron chi connectivity index (χ4n) is 2.88. The smallest absolute Gasteiger partial charge is 0.337 e. The average Bonchev–Trinajstić information content (AvgIpc) is 3.07. The minimum atomic E-state index is -0.355. The van der Waals surface area contributed by atoms with E-state index < -0.39 is 0 Å². The molecular weight excluding hydrogens is 304 g/mol. The number of carbonyl (C=O) groups excluding carboxylic acids is 2. The van der Waals surface area contributed by atoms with Gasteiger partial charge in [-0.2, -0.15) is 0 Å². The molecule has 3 rings (SSSR count). The van der Waals surface area contributed by atoms with Crippen LogP contribution in [-0.4, -0.2) is 43.0 Å². The maximum absolute atomic E-state index is 12.4. The Morgan fingerprint density at radius 2 is 1.54 bits per heavy atom. The molecule has 1 unspecified atom stereocenters. The minimum absolute atomic E-state index is 0.0236. The van der Waals surface area contributed by atoms with E-state index in [-0.39, 0.29) is 17.9 Å². The van der Waals surface area contributed by atoms with Crippen LogP contribution in [0.5, 0.6) is 0 Å². The van der Waals surface area contributed by atoms with Gasteiger partial charge in [0, 0.05) is 24.7 Å². The number of hydrogen-bond acceptors (Lipinski definition) is 4. The summed E-state index contributed by atoms with van der Waals surface area (Å²) in [5, 5.41) is 0. The summed E-state index contributed by atoms with van der Waals surface area (Å²) >= 11 is 0. The summed E-state index contributed by atoms with van der Waals surface area (Å²) in [4.78, 5) is 25.7. The Morgan fingerprint density at radius 3 is 2.00 bits per heavy atom. The van der Waals surface area contributed by atoms with E-state index in [1.165, 1.54) is 7.11 Å². The number of ether oxygens (including phenoxy) is 1. The lowest BCUT2D eigenvalue weighted by Gasteiger charge is -2.16. The minimum Gasteiger partial charge on any atom is -0.465 e. The molecule has 0 aromatic heterocycles. The number of hydrogen-bond donors (Lipinski definition) is 1. The van der Waals surface area contributed by atoms with Crippen molar-refractivity contribution in [3.8, 4) is 11.1 Å². The average molecular weight is 324 g/mol. The lowest BCUT2D eigenvalue weighted by atomic mass is 10.0. The maximum Gasteiger partial charge on any atom is 0.337 e. The van der Waals surface area contributed by atoms with E-state index in [9.17, 15) is 9.59 Å². The lowest BCUT2D eigenvalue weighted by molar-refractivity contribution is 0.0600. The van der Waals surface area contributed by atoms with Gasteiger partial charge in [0.15, 0.2) is 0 Å². The quantitative estimate of drug-likeness (QED) is 0.880. The van der Waals surface area contributed by atoms with Gasteiger partial charge in [0.05, 0.1) is 12.7 Å². The first-order valence-corrected chi connectivity index (χ1v) is 7.92. The van der Waals surface area contributed by atoms with Crippen LogP contribution in [-0.2, 0) is 4.74 Å². The highest BCUT2D eigenvalue weighted by Gasteiger charge is 2.24. The first kappa shape index (κ1) is 16.2. The van der Waals surface area contributed by atoms with E-state index in [0.717, 1.165) is 24.1 Å². The lowest BCUT2D eigenvalue weighted by Crippen LogP contribution is -2.31. The van der Waals surface area contributed by atoms with Crippen LogP contribution in [0.2, 0.25) is 0 Å². The van der Waals surface area contributed by atoms with E-state index in [0.29, 0.717) is 17.7 Å². The third-order valence-electron chi connectivity index (χ3n) is 4.28. The zero-order valence-corrected chi connectivity index (χ0v) is 13.6. The number of nitrogens with zero attached hydrogens (tertiary/aromatic N) is 1. The monoisotopic (exact) mass is 324 g/mol. The summed E-state index contributed by atoms with van der Waals surface area (Å²) in [5.41, 5.74) is 9.00. The van der Waals surface area contributed by atoms with E-state index in [2.05, 4.69) is 0 Å². The van der Waals surface area contributed by atoms with Crippen molar-refractivity contribution in [3.63, 3.8) is 0 Å². The summed E-state index contributed by atoms with van der Waals surface area (Å²) in [6, 6.07) is 14.8. The molecule has 0 aliphatic carbocycles. The standard InChI is InChI=1S/C19H20N2O3/c1-24-19(23)16-8-4-14(5-9-16)13-2-6-15(7-3-13)18(22)21-11-10-17(20)12-21/h2-9,17H,10-12,20H2,1H3. The van der Waals surface area contributed by atoms with Gasteiger partial charge < -0.3 is 15.4 Å². The number of methoxy groups -OCH3 is 1. The van der Waals surface area contributed by atoms with Gasteiger partial charge in [-0.05, 0) is 41.8 Å². The summed E-state index contributed by atoms with van der Waals surface area (Å²) < 4.78 is 4.69. The van der Waals surface area contributed by atoms with Gasteiger partial charge in [-0.15, -0.1) is 0 Å². The Kier molecular flexibility index (Phi) is 4.62. The first-order valence-electron chi connectivity index (χ1n) is 7.92. The summed E-state index contributed by atoms with van der Waals surface area (Å²) in [5.74, 6) is -0.332. The molecule has 5 nitrogen and oxygen atoms in total. The fraction of sp³-hybridized carbons (Fsp3) is 0.263. The Bertz CT molecular complexity index is 738. The predicted molar refractivity (Wildman–Crippen MR) is 91.7 cm³/mol. The first-order chi connectivity index (χ1) is 11.6. The molecule has 0 spiro atoms. The summed E-state index contributed by atoms with van der Waals surface area (Å²) in [7, 11) is 1.36. The number of amides is 1. The second kappa shape index (κ2) is 6.84. The predicted octanol–water partition coefficient (Wildman–Crippen LogP) is 2.31. The molecule has 124 valence electrons. The molecule has 0 bridgehead atoms. The van der Waals surface area contributed by atoms with Crippen molar-refractivity contribution < 1.29 is 14.3 Å². The van der Waals surface area contributed by atoms with Crippen LogP contribution in [0.3, 0.4) is 0 Å². The zero-order valence-electron chi connectivity index (χ0n) is 13.6. The largest absolute Gasteiger partial charge is 0.465 e. The molecule has 1 fully saturated rings. The third-order valence-corrected chi connectivity index (χ3v) is 4.28. The van der Waals surface area contributed by atoms with Gasteiger partial charge >= 0.3 is 5.97 Å². The maximum atomic E-state index is 12.4. The molecule has 0 saturated carbocycles. The Hall–Kier alpha value is -2.66. The SMILES string of the molecule is COC(=O)c1ccc(-c2ccc(C(=O)N3CCC(N)C3)cc2)cc1. The molecule has 1 aliphatic heterocycles. The highest BCUT2D eigenvalue weighted by Crippen LogP contribution is 2.22. The number of likely N-dealkylation sites (tertiary alicyclic amines) is 1. The summed E-state index contributed by atoms with van der Waals surface area (Å²) in [6.07, 6.45) is 0.858. The van der Waals surface area contributed by atoms with Gasteiger partial charge in [0.25, 0.3) is 5.91 Å². The topological polar surface area (TPSA) is 72.6 Å². The molecule has 1 amide bonds. The van der Waals surface area contributed by atoms with Crippen LogP contribution in [0, 0.1) is 0 Å². The van der Waals surface area contributed by atoms with Gasteiger partial charge in [-0.3, -0.25) is 4.79 Å². The highest BCUT2D eigenvalue weighted by atomic mass is 16.5. The Morgan fingerprint density at radius 1 is 1.00 bits per heavy atom. The van der Waals surface area contributed by atoms with Crippen molar-refractivity contribution >= 4 is 11.9 Å². The summed E-state index contributed by atoms with van der Waals surface area (Å²) in [6.45, 7) is 1.34. The second-order valence-corrected chi connectivity index (χ2v) is 5.95. The van der Waals surface area contributed by atoms with Crippen LogP contribution in [0.4, 0.5) is 0 Å². The molecular formula is C19H20N2O3. The Labute approximate surface area is 141 Å². The molecule has 2 aromatic rings. The second-order valence-electron chi connectivity index (χ2n) is 5.95. The number of rotatable bonds is 3. The molecule has 5 heteroatoms. The number of esters is 1. The number of carbonyl (C=O) groups is 2. The number of benzene rings is 2. The van der Waals surface area contributed by atoms with Crippen LogP contribution in [0.15, 0.2) is 48.5 Å². The van der Waals surface area contributed by atoms with Gasteiger partial charge in [-0.25, -0.2) is 4.79 Å². The molecule has 2 N–H and O–H groups in total.